The van der Waals surface area contributed by atoms with Gasteiger partial charge < -0.3 is 19.2 Å². The molecule has 1 heterocycles. The van der Waals surface area contributed by atoms with Crippen molar-refractivity contribution in [2.75, 3.05) is 11.9 Å². The van der Waals surface area contributed by atoms with Crippen LogP contribution in [-0.2, 0) is 11.3 Å². The van der Waals surface area contributed by atoms with Gasteiger partial charge in [-0.05, 0) is 48.5 Å². The number of alkyl halides is 2. The SMILES string of the molecule is O=C(COC(=O)c1ccccc1NCc1ccco1)c1ccc(OC(F)F)cc1. The molecule has 0 saturated heterocycles. The van der Waals surface area contributed by atoms with E-state index in [2.05, 4.69) is 10.1 Å². The van der Waals surface area contributed by atoms with Crippen molar-refractivity contribution in [2.24, 2.45) is 0 Å². The van der Waals surface area contributed by atoms with Crippen molar-refractivity contribution >= 4 is 17.4 Å². The van der Waals surface area contributed by atoms with Crippen molar-refractivity contribution in [1.29, 1.82) is 0 Å². The molecule has 2 aromatic carbocycles. The maximum absolute atomic E-state index is 12.4. The first-order valence-electron chi connectivity index (χ1n) is 8.63. The molecule has 0 spiro atoms. The number of benzene rings is 2. The number of ketones is 1. The monoisotopic (exact) mass is 401 g/mol. The third kappa shape index (κ3) is 5.65. The number of ether oxygens (including phenoxy) is 2. The molecule has 0 radical (unpaired) electrons. The Labute approximate surface area is 165 Å². The number of para-hydroxylation sites is 1. The Morgan fingerprint density at radius 3 is 2.45 bits per heavy atom. The maximum atomic E-state index is 12.4. The standard InChI is InChI=1S/C21H17F2NO5/c22-21(23)29-15-9-7-14(8-10-15)19(25)13-28-20(26)17-5-1-2-6-18(17)24-12-16-4-3-11-27-16/h1-11,21,24H,12-13H2. The minimum atomic E-state index is -2.95. The predicted molar refractivity (Wildman–Crippen MR) is 100 cm³/mol. The van der Waals surface area contributed by atoms with Gasteiger partial charge in [0.2, 0.25) is 0 Å². The van der Waals surface area contributed by atoms with Crippen molar-refractivity contribution in [1.82, 2.24) is 0 Å². The molecule has 29 heavy (non-hydrogen) atoms. The summed E-state index contributed by atoms with van der Waals surface area (Å²) in [5, 5.41) is 3.08. The lowest BCUT2D eigenvalue weighted by Gasteiger charge is -2.11. The Morgan fingerprint density at radius 2 is 1.76 bits per heavy atom. The molecule has 0 saturated carbocycles. The minimum absolute atomic E-state index is 0.0647. The van der Waals surface area contributed by atoms with Crippen molar-refractivity contribution in [2.45, 2.75) is 13.2 Å². The number of carbonyl (C=O) groups is 2. The molecule has 0 atom stereocenters. The van der Waals surface area contributed by atoms with Gasteiger partial charge in [-0.15, -0.1) is 0 Å². The summed E-state index contributed by atoms with van der Waals surface area (Å²) in [5.41, 5.74) is 1.02. The number of halogens is 2. The zero-order chi connectivity index (χ0) is 20.6. The molecule has 0 aliphatic rings. The van der Waals surface area contributed by atoms with E-state index in [-0.39, 0.29) is 16.9 Å². The van der Waals surface area contributed by atoms with Crippen LogP contribution >= 0.6 is 0 Å². The van der Waals surface area contributed by atoms with E-state index in [1.165, 1.54) is 24.3 Å². The average molecular weight is 401 g/mol. The minimum Gasteiger partial charge on any atom is -0.467 e. The van der Waals surface area contributed by atoms with Crippen LogP contribution in [0.1, 0.15) is 26.5 Å². The number of nitrogens with one attached hydrogen (secondary N) is 1. The van der Waals surface area contributed by atoms with Gasteiger partial charge in [-0.1, -0.05) is 12.1 Å². The zero-order valence-corrected chi connectivity index (χ0v) is 15.1. The molecule has 150 valence electrons. The van der Waals surface area contributed by atoms with Crippen LogP contribution in [0.25, 0.3) is 0 Å². The normalized spacial score (nSPS) is 10.6. The van der Waals surface area contributed by atoms with Gasteiger partial charge in [0.15, 0.2) is 12.4 Å². The smallest absolute Gasteiger partial charge is 0.387 e. The second kappa shape index (κ2) is 9.50. The number of esters is 1. The van der Waals surface area contributed by atoms with E-state index in [4.69, 9.17) is 9.15 Å². The number of hydrogen-bond donors (Lipinski definition) is 1. The fourth-order valence-corrected chi connectivity index (χ4v) is 2.53. The average Bonchev–Trinajstić information content (AvgIpc) is 3.24. The predicted octanol–water partition coefficient (Wildman–Crippen LogP) is 4.53. The Balaban J connectivity index is 1.58. The van der Waals surface area contributed by atoms with E-state index in [0.29, 0.717) is 18.0 Å². The second-order valence-corrected chi connectivity index (χ2v) is 5.88. The molecule has 3 rings (SSSR count). The maximum Gasteiger partial charge on any atom is 0.387 e. The van der Waals surface area contributed by atoms with Gasteiger partial charge in [0.05, 0.1) is 18.4 Å². The molecule has 0 amide bonds. The van der Waals surface area contributed by atoms with Crippen molar-refractivity contribution in [3.63, 3.8) is 0 Å². The fraction of sp³-hybridized carbons (Fsp3) is 0.143. The zero-order valence-electron chi connectivity index (χ0n) is 15.1. The van der Waals surface area contributed by atoms with Crippen LogP contribution in [0.3, 0.4) is 0 Å². The largest absolute Gasteiger partial charge is 0.467 e. The molecule has 8 heteroatoms. The molecule has 1 N–H and O–H groups in total. The molecule has 6 nitrogen and oxygen atoms in total. The lowest BCUT2D eigenvalue weighted by atomic mass is 10.1. The fourth-order valence-electron chi connectivity index (χ4n) is 2.53. The highest BCUT2D eigenvalue weighted by molar-refractivity contribution is 6.00. The summed E-state index contributed by atoms with van der Waals surface area (Å²) in [6.07, 6.45) is 1.55. The number of furan rings is 1. The van der Waals surface area contributed by atoms with Crippen LogP contribution in [0.5, 0.6) is 5.75 Å². The van der Waals surface area contributed by atoms with Crippen LogP contribution in [-0.4, -0.2) is 25.0 Å². The van der Waals surface area contributed by atoms with E-state index in [9.17, 15) is 18.4 Å². The number of hydrogen-bond acceptors (Lipinski definition) is 6. The highest BCUT2D eigenvalue weighted by atomic mass is 19.3. The number of anilines is 1. The summed E-state index contributed by atoms with van der Waals surface area (Å²) in [5.74, 6) is -0.505. The summed E-state index contributed by atoms with van der Waals surface area (Å²) >= 11 is 0. The summed E-state index contributed by atoms with van der Waals surface area (Å²) in [6.45, 7) is -3.05. The van der Waals surface area contributed by atoms with Gasteiger partial charge in [0, 0.05) is 11.3 Å². The van der Waals surface area contributed by atoms with E-state index >= 15 is 0 Å². The Bertz CT molecular complexity index is 955. The lowest BCUT2D eigenvalue weighted by Crippen LogP contribution is -2.16. The molecule has 0 bridgehead atoms. The first-order chi connectivity index (χ1) is 14.0. The van der Waals surface area contributed by atoms with Crippen LogP contribution in [0.2, 0.25) is 0 Å². The van der Waals surface area contributed by atoms with Crippen LogP contribution in [0.4, 0.5) is 14.5 Å². The first kappa shape index (κ1) is 20.1. The summed E-state index contributed by atoms with van der Waals surface area (Å²) in [6, 6.07) is 15.4. The van der Waals surface area contributed by atoms with Gasteiger partial charge in [0.1, 0.15) is 11.5 Å². The Hall–Kier alpha value is -3.68. The number of Topliss-reactive ketones (excluding diaryl/α,β-unsaturated/α-hetero) is 1. The highest BCUT2D eigenvalue weighted by Gasteiger charge is 2.15. The first-order valence-corrected chi connectivity index (χ1v) is 8.63. The third-order valence-electron chi connectivity index (χ3n) is 3.92. The Morgan fingerprint density at radius 1 is 1.00 bits per heavy atom. The van der Waals surface area contributed by atoms with Gasteiger partial charge in [0.25, 0.3) is 0 Å². The topological polar surface area (TPSA) is 77.8 Å². The van der Waals surface area contributed by atoms with E-state index in [0.717, 1.165) is 0 Å². The van der Waals surface area contributed by atoms with Gasteiger partial charge >= 0.3 is 12.6 Å². The van der Waals surface area contributed by atoms with Crippen molar-refractivity contribution < 1.29 is 32.3 Å². The van der Waals surface area contributed by atoms with E-state index < -0.39 is 25.0 Å². The summed E-state index contributed by atoms with van der Waals surface area (Å²) in [4.78, 5) is 24.6. The van der Waals surface area contributed by atoms with Crippen LogP contribution < -0.4 is 10.1 Å². The van der Waals surface area contributed by atoms with E-state index in [1.54, 1.807) is 42.7 Å². The molecular weight excluding hydrogens is 384 g/mol. The van der Waals surface area contributed by atoms with Gasteiger partial charge in [-0.3, -0.25) is 4.79 Å². The highest BCUT2D eigenvalue weighted by Crippen LogP contribution is 2.18. The molecular formula is C21H17F2NO5. The van der Waals surface area contributed by atoms with Crippen LogP contribution in [0, 0.1) is 0 Å². The van der Waals surface area contributed by atoms with Gasteiger partial charge in [-0.25, -0.2) is 4.79 Å². The van der Waals surface area contributed by atoms with Crippen molar-refractivity contribution in [3.8, 4) is 5.75 Å². The third-order valence-corrected chi connectivity index (χ3v) is 3.92. The van der Waals surface area contributed by atoms with Gasteiger partial charge in [-0.2, -0.15) is 8.78 Å². The molecule has 0 fully saturated rings. The second-order valence-electron chi connectivity index (χ2n) is 5.88. The number of rotatable bonds is 9. The Kier molecular flexibility index (Phi) is 6.57. The molecule has 0 aliphatic heterocycles. The van der Waals surface area contributed by atoms with Crippen LogP contribution in [0.15, 0.2) is 71.3 Å². The lowest BCUT2D eigenvalue weighted by molar-refractivity contribution is -0.0498. The van der Waals surface area contributed by atoms with Crippen molar-refractivity contribution in [3.05, 3.63) is 83.8 Å². The molecule has 0 unspecified atom stereocenters. The summed E-state index contributed by atoms with van der Waals surface area (Å²) in [7, 11) is 0. The van der Waals surface area contributed by atoms with E-state index in [1.807, 2.05) is 0 Å². The summed E-state index contributed by atoms with van der Waals surface area (Å²) < 4.78 is 38.9. The number of carbonyl (C=O) groups excluding carboxylic acids is 2. The molecule has 1 aromatic heterocycles. The molecule has 3 aromatic rings. The quantitative estimate of drug-likeness (QED) is 0.419. The molecule has 0 aliphatic carbocycles.